The van der Waals surface area contributed by atoms with Crippen LogP contribution in [0.15, 0.2) is 52.5 Å². The van der Waals surface area contributed by atoms with E-state index in [9.17, 15) is 13.2 Å². The molecule has 0 spiro atoms. The van der Waals surface area contributed by atoms with Crippen LogP contribution in [0.4, 0.5) is 5.69 Å². The van der Waals surface area contributed by atoms with Gasteiger partial charge in [-0.3, -0.25) is 4.79 Å². The normalized spacial score (nSPS) is 15.1. The van der Waals surface area contributed by atoms with Crippen LogP contribution in [0, 0.1) is 0 Å². The van der Waals surface area contributed by atoms with E-state index >= 15 is 0 Å². The van der Waals surface area contributed by atoms with E-state index in [-0.39, 0.29) is 16.1 Å². The first-order valence-electron chi connectivity index (χ1n) is 10.4. The van der Waals surface area contributed by atoms with Gasteiger partial charge in [0.15, 0.2) is 5.16 Å². The van der Waals surface area contributed by atoms with E-state index in [0.717, 1.165) is 37.0 Å². The predicted octanol–water partition coefficient (Wildman–Crippen LogP) is 3.55. The summed E-state index contributed by atoms with van der Waals surface area (Å²) in [6, 6.07) is 12.8. The maximum atomic E-state index is 13.3. The van der Waals surface area contributed by atoms with E-state index < -0.39 is 10.0 Å². The van der Waals surface area contributed by atoms with Crippen molar-refractivity contribution in [2.45, 2.75) is 55.0 Å². The van der Waals surface area contributed by atoms with Crippen molar-refractivity contribution in [1.82, 2.24) is 9.55 Å². The lowest BCUT2D eigenvalue weighted by Gasteiger charge is -2.31. The van der Waals surface area contributed by atoms with Crippen LogP contribution in [-0.4, -0.2) is 35.7 Å². The molecule has 1 aliphatic rings. The molecule has 0 fully saturated rings. The molecular weight excluding hydrogens is 432 g/mol. The number of aromatic nitrogens is 2. The Bertz CT molecular complexity index is 1240. The third kappa shape index (κ3) is 4.35. The third-order valence-electron chi connectivity index (χ3n) is 5.47. The summed E-state index contributed by atoms with van der Waals surface area (Å²) in [4.78, 5) is 19.9. The maximum Gasteiger partial charge on any atom is 0.240 e. The summed E-state index contributed by atoms with van der Waals surface area (Å²) in [6.07, 6.45) is 2.82. The molecule has 1 amide bonds. The average Bonchev–Trinajstić information content (AvgIpc) is 3.08. The van der Waals surface area contributed by atoms with Gasteiger partial charge in [0.1, 0.15) is 0 Å². The standard InChI is InChI=1S/C22H26N4O3S2/c1-3-12-26-20-11-10-17(31(23,28)29)14-18(20)24-22(26)30-15(2)21(27)25-13-6-8-16-7-4-5-9-19(16)25/h4-5,7,9-11,14-15H,3,6,8,12-13H2,1-2H3,(H2,23,28,29). The van der Waals surface area contributed by atoms with Gasteiger partial charge in [-0.1, -0.05) is 36.9 Å². The first-order valence-corrected chi connectivity index (χ1v) is 12.8. The molecule has 1 aromatic heterocycles. The lowest BCUT2D eigenvalue weighted by atomic mass is 10.0. The molecule has 31 heavy (non-hydrogen) atoms. The van der Waals surface area contributed by atoms with Crippen molar-refractivity contribution in [3.63, 3.8) is 0 Å². The second-order valence-electron chi connectivity index (χ2n) is 7.72. The van der Waals surface area contributed by atoms with Gasteiger partial charge >= 0.3 is 0 Å². The molecule has 2 N–H and O–H groups in total. The van der Waals surface area contributed by atoms with Crippen molar-refractivity contribution in [2.75, 3.05) is 11.4 Å². The van der Waals surface area contributed by atoms with Crippen LogP contribution in [0.3, 0.4) is 0 Å². The fraction of sp³-hybridized carbons (Fsp3) is 0.364. The summed E-state index contributed by atoms with van der Waals surface area (Å²) in [6.45, 7) is 5.40. The Balaban J connectivity index is 1.64. The highest BCUT2D eigenvalue weighted by Crippen LogP contribution is 2.32. The number of hydrogen-bond donors (Lipinski definition) is 1. The number of para-hydroxylation sites is 1. The molecule has 3 aromatic rings. The number of nitrogens with two attached hydrogens (primary N) is 1. The van der Waals surface area contributed by atoms with Crippen LogP contribution >= 0.6 is 11.8 Å². The zero-order valence-electron chi connectivity index (χ0n) is 17.6. The van der Waals surface area contributed by atoms with Gasteiger partial charge in [0.05, 0.1) is 21.2 Å². The van der Waals surface area contributed by atoms with Crippen LogP contribution in [0.5, 0.6) is 0 Å². The molecule has 4 rings (SSSR count). The Hall–Kier alpha value is -2.36. The second kappa shape index (κ2) is 8.64. The molecule has 0 bridgehead atoms. The minimum Gasteiger partial charge on any atom is -0.319 e. The van der Waals surface area contributed by atoms with Crippen LogP contribution in [0.1, 0.15) is 32.3 Å². The Morgan fingerprint density at radius 1 is 1.26 bits per heavy atom. The van der Waals surface area contributed by atoms with Gasteiger partial charge in [0.25, 0.3) is 0 Å². The van der Waals surface area contributed by atoms with Crippen LogP contribution < -0.4 is 10.0 Å². The number of carbonyl (C=O) groups excluding carboxylic acids is 1. The minimum atomic E-state index is -3.81. The van der Waals surface area contributed by atoms with Gasteiger partial charge in [-0.15, -0.1) is 0 Å². The Morgan fingerprint density at radius 2 is 2.03 bits per heavy atom. The van der Waals surface area contributed by atoms with Crippen molar-refractivity contribution < 1.29 is 13.2 Å². The van der Waals surface area contributed by atoms with E-state index in [1.165, 1.54) is 29.5 Å². The summed E-state index contributed by atoms with van der Waals surface area (Å²) in [7, 11) is -3.81. The molecule has 2 heterocycles. The highest BCUT2D eigenvalue weighted by molar-refractivity contribution is 8.00. The van der Waals surface area contributed by atoms with Crippen molar-refractivity contribution in [3.05, 3.63) is 48.0 Å². The number of benzene rings is 2. The number of sulfonamides is 1. The zero-order valence-corrected chi connectivity index (χ0v) is 19.2. The molecule has 9 heteroatoms. The Labute approximate surface area is 186 Å². The van der Waals surface area contributed by atoms with Gasteiger partial charge in [-0.25, -0.2) is 18.5 Å². The number of primary sulfonamides is 1. The molecule has 164 valence electrons. The van der Waals surface area contributed by atoms with E-state index in [4.69, 9.17) is 5.14 Å². The maximum absolute atomic E-state index is 13.3. The van der Waals surface area contributed by atoms with Crippen LogP contribution in [0.25, 0.3) is 11.0 Å². The lowest BCUT2D eigenvalue weighted by molar-refractivity contribution is -0.117. The predicted molar refractivity (Wildman–Crippen MR) is 124 cm³/mol. The third-order valence-corrected chi connectivity index (χ3v) is 7.46. The molecular formula is C22H26N4O3S2. The number of hydrogen-bond acceptors (Lipinski definition) is 5. The number of imidazole rings is 1. The number of rotatable bonds is 6. The van der Waals surface area contributed by atoms with Gasteiger partial charge < -0.3 is 9.47 Å². The molecule has 0 saturated carbocycles. The molecule has 1 unspecified atom stereocenters. The highest BCUT2D eigenvalue weighted by atomic mass is 32.2. The summed E-state index contributed by atoms with van der Waals surface area (Å²) >= 11 is 1.41. The van der Waals surface area contributed by atoms with Crippen molar-refractivity contribution in [1.29, 1.82) is 0 Å². The first kappa shape index (κ1) is 21.9. The van der Waals surface area contributed by atoms with Crippen molar-refractivity contribution in [2.24, 2.45) is 5.14 Å². The number of carbonyl (C=O) groups is 1. The number of fused-ring (bicyclic) bond motifs is 2. The summed E-state index contributed by atoms with van der Waals surface area (Å²) in [5, 5.41) is 5.64. The largest absolute Gasteiger partial charge is 0.319 e. The highest BCUT2D eigenvalue weighted by Gasteiger charge is 2.28. The number of amides is 1. The second-order valence-corrected chi connectivity index (χ2v) is 10.6. The molecule has 1 aliphatic heterocycles. The smallest absolute Gasteiger partial charge is 0.240 e. The zero-order chi connectivity index (χ0) is 22.2. The fourth-order valence-corrected chi connectivity index (χ4v) is 5.53. The fourth-order valence-electron chi connectivity index (χ4n) is 3.98. The van der Waals surface area contributed by atoms with Gasteiger partial charge in [-0.2, -0.15) is 0 Å². The molecule has 1 atom stereocenters. The van der Waals surface area contributed by atoms with Gasteiger partial charge in [0, 0.05) is 18.8 Å². The van der Waals surface area contributed by atoms with E-state index in [0.29, 0.717) is 17.2 Å². The van der Waals surface area contributed by atoms with Crippen LogP contribution in [0.2, 0.25) is 0 Å². The van der Waals surface area contributed by atoms with E-state index in [1.807, 2.05) is 34.6 Å². The summed E-state index contributed by atoms with van der Waals surface area (Å²) < 4.78 is 25.5. The molecule has 2 aromatic carbocycles. The molecule has 0 radical (unpaired) electrons. The number of anilines is 1. The van der Waals surface area contributed by atoms with Crippen molar-refractivity contribution in [3.8, 4) is 0 Å². The molecule has 0 saturated heterocycles. The van der Waals surface area contributed by atoms with Crippen molar-refractivity contribution >= 4 is 44.4 Å². The van der Waals surface area contributed by atoms with E-state index in [2.05, 4.69) is 18.0 Å². The number of aryl methyl sites for hydroxylation is 2. The quantitative estimate of drug-likeness (QED) is 0.570. The SMILES string of the molecule is CCCn1c(SC(C)C(=O)N2CCCc3ccccc32)nc2cc(S(N)(=O)=O)ccc21. The topological polar surface area (TPSA) is 98.3 Å². The number of nitrogens with zero attached hydrogens (tertiary/aromatic N) is 3. The lowest BCUT2D eigenvalue weighted by Crippen LogP contribution is -2.40. The average molecular weight is 459 g/mol. The van der Waals surface area contributed by atoms with E-state index in [1.54, 1.807) is 6.07 Å². The first-order chi connectivity index (χ1) is 14.8. The summed E-state index contributed by atoms with van der Waals surface area (Å²) in [5.74, 6) is 0.0532. The van der Waals surface area contributed by atoms with Crippen LogP contribution in [-0.2, 0) is 27.8 Å². The molecule has 7 nitrogen and oxygen atoms in total. The molecule has 0 aliphatic carbocycles. The Morgan fingerprint density at radius 3 is 2.77 bits per heavy atom. The monoisotopic (exact) mass is 458 g/mol. The van der Waals surface area contributed by atoms with Gasteiger partial charge in [0.2, 0.25) is 15.9 Å². The Kier molecular flexibility index (Phi) is 6.09. The van der Waals surface area contributed by atoms with Gasteiger partial charge in [-0.05, 0) is 56.0 Å². The number of thioether (sulfide) groups is 1. The minimum absolute atomic E-state index is 0.0340. The summed E-state index contributed by atoms with van der Waals surface area (Å²) in [5.41, 5.74) is 3.59.